The molecule has 1 aromatic rings. The number of urea groups is 1. The van der Waals surface area contributed by atoms with E-state index in [-0.39, 0.29) is 18.7 Å². The predicted octanol–water partition coefficient (Wildman–Crippen LogP) is 3.12. The lowest BCUT2D eigenvalue weighted by Crippen LogP contribution is -2.40. The van der Waals surface area contributed by atoms with Gasteiger partial charge in [0.05, 0.1) is 12.6 Å². The van der Waals surface area contributed by atoms with E-state index < -0.39 is 0 Å². The normalized spacial score (nSPS) is 12.2. The highest BCUT2D eigenvalue weighted by atomic mass is 32.2. The molecule has 0 bridgehead atoms. The number of rotatable bonds is 8. The maximum atomic E-state index is 11.9. The maximum Gasteiger partial charge on any atom is 0.319 e. The molecule has 5 heteroatoms. The Hall–Kier alpha value is -1.20. The summed E-state index contributed by atoms with van der Waals surface area (Å²) in [5, 5.41) is 14.9. The standard InChI is InChI=1S/C16H26N2O2S/c1-12(2)10-15(11-19)18-16(20)17-14-6-4-13(5-7-14)8-9-21-3/h4-7,12,15,19H,8-11H2,1-3H3,(H2,17,18,20). The lowest BCUT2D eigenvalue weighted by molar-refractivity contribution is 0.214. The topological polar surface area (TPSA) is 61.4 Å². The molecule has 3 N–H and O–H groups in total. The number of anilines is 1. The number of aliphatic hydroxyl groups is 1. The summed E-state index contributed by atoms with van der Waals surface area (Å²) in [6.07, 6.45) is 3.89. The van der Waals surface area contributed by atoms with E-state index in [1.807, 2.05) is 36.0 Å². The Morgan fingerprint density at radius 3 is 2.48 bits per heavy atom. The van der Waals surface area contributed by atoms with Crippen LogP contribution in [-0.4, -0.2) is 35.8 Å². The second-order valence-corrected chi connectivity index (χ2v) is 6.53. The number of aliphatic hydroxyl groups excluding tert-OH is 1. The lowest BCUT2D eigenvalue weighted by Gasteiger charge is -2.18. The first-order chi connectivity index (χ1) is 10.0. The lowest BCUT2D eigenvalue weighted by atomic mass is 10.0. The quantitative estimate of drug-likeness (QED) is 0.691. The van der Waals surface area contributed by atoms with Crippen molar-refractivity contribution in [1.82, 2.24) is 5.32 Å². The largest absolute Gasteiger partial charge is 0.394 e. The summed E-state index contributed by atoms with van der Waals surface area (Å²) < 4.78 is 0. The summed E-state index contributed by atoms with van der Waals surface area (Å²) in [5.74, 6) is 1.53. The summed E-state index contributed by atoms with van der Waals surface area (Å²) in [4.78, 5) is 11.9. The van der Waals surface area contributed by atoms with Crippen LogP contribution >= 0.6 is 11.8 Å². The van der Waals surface area contributed by atoms with Crippen LogP contribution in [-0.2, 0) is 6.42 Å². The van der Waals surface area contributed by atoms with E-state index in [4.69, 9.17) is 0 Å². The molecule has 4 nitrogen and oxygen atoms in total. The van der Waals surface area contributed by atoms with Gasteiger partial charge >= 0.3 is 6.03 Å². The van der Waals surface area contributed by atoms with Gasteiger partial charge in [0.25, 0.3) is 0 Å². The predicted molar refractivity (Wildman–Crippen MR) is 91.0 cm³/mol. The van der Waals surface area contributed by atoms with Crippen LogP contribution in [0, 0.1) is 5.92 Å². The van der Waals surface area contributed by atoms with E-state index in [9.17, 15) is 9.90 Å². The highest BCUT2D eigenvalue weighted by molar-refractivity contribution is 7.98. The van der Waals surface area contributed by atoms with E-state index in [1.54, 1.807) is 0 Å². The van der Waals surface area contributed by atoms with Crippen LogP contribution in [0.5, 0.6) is 0 Å². The van der Waals surface area contributed by atoms with Crippen LogP contribution in [0.4, 0.5) is 10.5 Å². The van der Waals surface area contributed by atoms with Gasteiger partial charge in [0, 0.05) is 5.69 Å². The molecule has 1 unspecified atom stereocenters. The van der Waals surface area contributed by atoms with Crippen molar-refractivity contribution in [1.29, 1.82) is 0 Å². The minimum Gasteiger partial charge on any atom is -0.394 e. The van der Waals surface area contributed by atoms with Gasteiger partial charge in [-0.15, -0.1) is 0 Å². The average Bonchev–Trinajstić information content (AvgIpc) is 2.45. The molecule has 0 saturated heterocycles. The molecular weight excluding hydrogens is 284 g/mol. The van der Waals surface area contributed by atoms with Crippen molar-refractivity contribution in [3.63, 3.8) is 0 Å². The molecule has 0 saturated carbocycles. The van der Waals surface area contributed by atoms with Gasteiger partial charge in [0.15, 0.2) is 0 Å². The van der Waals surface area contributed by atoms with Gasteiger partial charge in [-0.05, 0) is 48.5 Å². The number of carbonyl (C=O) groups is 1. The zero-order chi connectivity index (χ0) is 15.7. The van der Waals surface area contributed by atoms with Crippen molar-refractivity contribution in [2.24, 2.45) is 5.92 Å². The molecule has 1 atom stereocenters. The van der Waals surface area contributed by atoms with E-state index in [2.05, 4.69) is 30.7 Å². The molecule has 2 amide bonds. The minimum absolute atomic E-state index is 0.0424. The van der Waals surface area contributed by atoms with Crippen molar-refractivity contribution in [3.8, 4) is 0 Å². The number of hydrogen-bond acceptors (Lipinski definition) is 3. The average molecular weight is 310 g/mol. The van der Waals surface area contributed by atoms with Crippen LogP contribution in [0.2, 0.25) is 0 Å². The number of hydrogen-bond donors (Lipinski definition) is 3. The SMILES string of the molecule is CSCCc1ccc(NC(=O)NC(CO)CC(C)C)cc1. The molecule has 0 heterocycles. The monoisotopic (exact) mass is 310 g/mol. The zero-order valence-corrected chi connectivity index (χ0v) is 13.9. The van der Waals surface area contributed by atoms with Crippen molar-refractivity contribution in [3.05, 3.63) is 29.8 Å². The first-order valence-corrected chi connectivity index (χ1v) is 8.70. The van der Waals surface area contributed by atoms with Crippen LogP contribution < -0.4 is 10.6 Å². The fraction of sp³-hybridized carbons (Fsp3) is 0.562. The number of amides is 2. The van der Waals surface area contributed by atoms with E-state index >= 15 is 0 Å². The molecule has 0 fully saturated rings. The van der Waals surface area contributed by atoms with Gasteiger partial charge in [0.2, 0.25) is 0 Å². The fourth-order valence-electron chi connectivity index (χ4n) is 2.08. The maximum absolute atomic E-state index is 11.9. The molecular formula is C16H26N2O2S. The molecule has 0 aromatic heterocycles. The number of nitrogens with one attached hydrogen (secondary N) is 2. The molecule has 1 rings (SSSR count). The van der Waals surface area contributed by atoms with Crippen LogP contribution in [0.25, 0.3) is 0 Å². The van der Waals surface area contributed by atoms with Crippen molar-refractivity contribution in [2.45, 2.75) is 32.7 Å². The first kappa shape index (κ1) is 17.9. The van der Waals surface area contributed by atoms with Gasteiger partial charge < -0.3 is 15.7 Å². The zero-order valence-electron chi connectivity index (χ0n) is 13.1. The summed E-state index contributed by atoms with van der Waals surface area (Å²) in [6, 6.07) is 7.40. The minimum atomic E-state index is -0.272. The molecule has 0 spiro atoms. The van der Waals surface area contributed by atoms with Crippen molar-refractivity contribution >= 4 is 23.5 Å². The van der Waals surface area contributed by atoms with Gasteiger partial charge in [-0.1, -0.05) is 26.0 Å². The third-order valence-electron chi connectivity index (χ3n) is 3.12. The summed E-state index contributed by atoms with van der Waals surface area (Å²) in [5.41, 5.74) is 2.03. The van der Waals surface area contributed by atoms with Gasteiger partial charge in [0.1, 0.15) is 0 Å². The molecule has 1 aromatic carbocycles. The van der Waals surface area contributed by atoms with Gasteiger partial charge in [-0.25, -0.2) is 4.79 Å². The molecule has 0 aliphatic heterocycles. The summed E-state index contributed by atoms with van der Waals surface area (Å²) in [6.45, 7) is 4.09. The summed E-state index contributed by atoms with van der Waals surface area (Å²) >= 11 is 1.82. The molecule has 21 heavy (non-hydrogen) atoms. The first-order valence-electron chi connectivity index (χ1n) is 7.31. The highest BCUT2D eigenvalue weighted by Gasteiger charge is 2.12. The Balaban J connectivity index is 2.46. The van der Waals surface area contributed by atoms with Crippen LogP contribution in [0.3, 0.4) is 0 Å². The Morgan fingerprint density at radius 2 is 1.95 bits per heavy atom. The Kier molecular flexibility index (Phi) is 8.23. The van der Waals surface area contributed by atoms with E-state index in [0.717, 1.165) is 24.3 Å². The van der Waals surface area contributed by atoms with Crippen molar-refractivity contribution in [2.75, 3.05) is 23.9 Å². The number of thioether (sulfide) groups is 1. The number of aryl methyl sites for hydroxylation is 1. The molecule has 0 aliphatic carbocycles. The Morgan fingerprint density at radius 1 is 1.29 bits per heavy atom. The van der Waals surface area contributed by atoms with Crippen LogP contribution in [0.1, 0.15) is 25.8 Å². The second kappa shape index (κ2) is 9.68. The third-order valence-corrected chi connectivity index (χ3v) is 3.73. The fourth-order valence-corrected chi connectivity index (χ4v) is 2.52. The third kappa shape index (κ3) is 7.39. The highest BCUT2D eigenvalue weighted by Crippen LogP contribution is 2.12. The molecule has 118 valence electrons. The Labute approximate surface area is 131 Å². The van der Waals surface area contributed by atoms with Crippen LogP contribution in [0.15, 0.2) is 24.3 Å². The smallest absolute Gasteiger partial charge is 0.319 e. The van der Waals surface area contributed by atoms with E-state index in [1.165, 1.54) is 5.56 Å². The summed E-state index contributed by atoms with van der Waals surface area (Å²) in [7, 11) is 0. The number of carbonyl (C=O) groups excluding carboxylic acids is 1. The number of benzene rings is 1. The second-order valence-electron chi connectivity index (χ2n) is 5.55. The Bertz CT molecular complexity index is 421. The van der Waals surface area contributed by atoms with E-state index in [0.29, 0.717) is 5.92 Å². The molecule has 0 radical (unpaired) electrons. The van der Waals surface area contributed by atoms with Crippen molar-refractivity contribution < 1.29 is 9.90 Å². The van der Waals surface area contributed by atoms with Gasteiger partial charge in [-0.2, -0.15) is 11.8 Å². The molecule has 0 aliphatic rings. The van der Waals surface area contributed by atoms with Gasteiger partial charge in [-0.3, -0.25) is 0 Å².